The number of hydrogen-bond donors (Lipinski definition) is 2. The van der Waals surface area contributed by atoms with E-state index in [0.29, 0.717) is 12.4 Å². The minimum Gasteiger partial charge on any atom is -0.465 e. The van der Waals surface area contributed by atoms with Gasteiger partial charge in [-0.1, -0.05) is 0 Å². The van der Waals surface area contributed by atoms with Crippen molar-refractivity contribution in [3.8, 4) is 0 Å². The van der Waals surface area contributed by atoms with E-state index in [0.717, 1.165) is 0 Å². The number of rotatable bonds is 4. The van der Waals surface area contributed by atoms with Gasteiger partial charge in [0.15, 0.2) is 0 Å². The van der Waals surface area contributed by atoms with Crippen molar-refractivity contribution < 1.29 is 14.6 Å². The second kappa shape index (κ2) is 5.49. The molecule has 6 nitrogen and oxygen atoms in total. The Morgan fingerprint density at radius 1 is 1.71 bits per heavy atom. The van der Waals surface area contributed by atoms with Crippen LogP contribution in [0.4, 0.5) is 11.5 Å². The molecule has 0 fully saturated rings. The molecule has 1 aromatic rings. The fraction of sp³-hybridized carbons (Fsp3) is 0.455. The second-order valence-corrected chi connectivity index (χ2v) is 3.85. The maximum Gasteiger partial charge on any atom is 0.340 e. The average Bonchev–Trinajstić information content (AvgIpc) is 2.27. The van der Waals surface area contributed by atoms with Gasteiger partial charge in [-0.3, -0.25) is 0 Å². The molecule has 0 aliphatic heterocycles. The average molecular weight is 239 g/mol. The summed E-state index contributed by atoms with van der Waals surface area (Å²) in [7, 11) is 3.06. The lowest BCUT2D eigenvalue weighted by Gasteiger charge is -2.20. The molecule has 0 amide bonds. The van der Waals surface area contributed by atoms with Crippen LogP contribution in [0.5, 0.6) is 0 Å². The van der Waals surface area contributed by atoms with Crippen LogP contribution in [0.3, 0.4) is 0 Å². The molecular weight excluding hydrogens is 222 g/mol. The monoisotopic (exact) mass is 239 g/mol. The van der Waals surface area contributed by atoms with E-state index in [-0.39, 0.29) is 11.3 Å². The van der Waals surface area contributed by atoms with E-state index < -0.39 is 12.1 Å². The van der Waals surface area contributed by atoms with Gasteiger partial charge in [-0.15, -0.1) is 0 Å². The number of aliphatic hydroxyl groups excluding tert-OH is 1. The van der Waals surface area contributed by atoms with Crippen LogP contribution < -0.4 is 10.6 Å². The summed E-state index contributed by atoms with van der Waals surface area (Å²) >= 11 is 0. The predicted molar refractivity (Wildman–Crippen MR) is 64.9 cm³/mol. The number of pyridine rings is 1. The number of nitrogen functional groups attached to an aromatic ring is 1. The second-order valence-electron chi connectivity index (χ2n) is 3.85. The van der Waals surface area contributed by atoms with Gasteiger partial charge in [0.25, 0.3) is 0 Å². The van der Waals surface area contributed by atoms with Crippen molar-refractivity contribution in [3.05, 3.63) is 17.8 Å². The van der Waals surface area contributed by atoms with E-state index in [4.69, 9.17) is 5.73 Å². The number of carbonyl (C=O) groups is 1. The number of aromatic nitrogens is 1. The van der Waals surface area contributed by atoms with E-state index in [1.165, 1.54) is 13.3 Å². The van der Waals surface area contributed by atoms with Crippen molar-refractivity contribution in [2.45, 2.75) is 13.0 Å². The number of carbonyl (C=O) groups excluding carboxylic acids is 1. The summed E-state index contributed by atoms with van der Waals surface area (Å²) in [5.41, 5.74) is 6.18. The first-order chi connectivity index (χ1) is 7.95. The maximum absolute atomic E-state index is 11.4. The molecule has 1 rings (SSSR count). The molecule has 94 valence electrons. The first kappa shape index (κ1) is 13.2. The van der Waals surface area contributed by atoms with E-state index >= 15 is 0 Å². The number of ether oxygens (including phenoxy) is 1. The van der Waals surface area contributed by atoms with Gasteiger partial charge >= 0.3 is 5.97 Å². The third kappa shape index (κ3) is 3.32. The number of nitrogens with two attached hydrogens (primary N) is 1. The van der Waals surface area contributed by atoms with E-state index in [9.17, 15) is 9.90 Å². The summed E-state index contributed by atoms with van der Waals surface area (Å²) in [5, 5.41) is 9.28. The minimum absolute atomic E-state index is 0.269. The molecule has 1 aromatic heterocycles. The van der Waals surface area contributed by atoms with Gasteiger partial charge in [-0.25, -0.2) is 9.78 Å². The van der Waals surface area contributed by atoms with Crippen LogP contribution in [0.15, 0.2) is 12.3 Å². The van der Waals surface area contributed by atoms with Gasteiger partial charge < -0.3 is 20.5 Å². The summed E-state index contributed by atoms with van der Waals surface area (Å²) in [4.78, 5) is 17.3. The lowest BCUT2D eigenvalue weighted by molar-refractivity contribution is 0.0602. The Hall–Kier alpha value is -1.82. The lowest BCUT2D eigenvalue weighted by Crippen LogP contribution is -2.27. The number of anilines is 2. The Labute approximate surface area is 100 Å². The predicted octanol–water partition coefficient (Wildman–Crippen LogP) is 0.267. The summed E-state index contributed by atoms with van der Waals surface area (Å²) in [6.07, 6.45) is 0.918. The Kier molecular flexibility index (Phi) is 4.28. The number of hydrogen-bond acceptors (Lipinski definition) is 6. The smallest absolute Gasteiger partial charge is 0.340 e. The quantitative estimate of drug-likeness (QED) is 0.733. The Morgan fingerprint density at radius 2 is 2.35 bits per heavy atom. The number of esters is 1. The molecule has 0 aromatic carbocycles. The largest absolute Gasteiger partial charge is 0.465 e. The molecule has 1 atom stereocenters. The van der Waals surface area contributed by atoms with Gasteiger partial charge in [0.05, 0.1) is 30.7 Å². The summed E-state index contributed by atoms with van der Waals surface area (Å²) in [6, 6.07) is 1.55. The van der Waals surface area contributed by atoms with E-state index in [1.54, 1.807) is 24.9 Å². The van der Waals surface area contributed by atoms with Crippen molar-refractivity contribution >= 4 is 17.5 Å². The zero-order valence-electron chi connectivity index (χ0n) is 10.2. The zero-order valence-corrected chi connectivity index (χ0v) is 10.2. The van der Waals surface area contributed by atoms with Gasteiger partial charge in [0.2, 0.25) is 0 Å². The molecule has 0 aliphatic rings. The SMILES string of the molecule is COC(=O)c1cc(N(C)CC(C)O)ncc1N. The van der Waals surface area contributed by atoms with Crippen LogP contribution in [0.1, 0.15) is 17.3 Å². The zero-order chi connectivity index (χ0) is 13.0. The third-order valence-electron chi connectivity index (χ3n) is 2.25. The van der Waals surface area contributed by atoms with Gasteiger partial charge in [0, 0.05) is 13.6 Å². The van der Waals surface area contributed by atoms with Crippen LogP contribution in [0, 0.1) is 0 Å². The molecule has 17 heavy (non-hydrogen) atoms. The van der Waals surface area contributed by atoms with Crippen molar-refractivity contribution in [2.24, 2.45) is 0 Å². The van der Waals surface area contributed by atoms with Crippen molar-refractivity contribution in [1.82, 2.24) is 4.98 Å². The van der Waals surface area contributed by atoms with Gasteiger partial charge in [-0.2, -0.15) is 0 Å². The number of aliphatic hydroxyl groups is 1. The highest BCUT2D eigenvalue weighted by atomic mass is 16.5. The molecule has 1 heterocycles. The van der Waals surface area contributed by atoms with Crippen LogP contribution in [-0.4, -0.2) is 42.9 Å². The topological polar surface area (TPSA) is 88.7 Å². The summed E-state index contributed by atoms with van der Waals surface area (Å²) in [5.74, 6) is 0.0529. The Bertz CT molecular complexity index is 407. The fourth-order valence-electron chi connectivity index (χ4n) is 1.44. The lowest BCUT2D eigenvalue weighted by atomic mass is 10.2. The van der Waals surface area contributed by atoms with E-state index in [2.05, 4.69) is 9.72 Å². The van der Waals surface area contributed by atoms with Crippen LogP contribution in [-0.2, 0) is 4.74 Å². The minimum atomic E-state index is -0.503. The van der Waals surface area contributed by atoms with Crippen LogP contribution in [0.2, 0.25) is 0 Å². The highest BCUT2D eigenvalue weighted by molar-refractivity contribution is 5.95. The maximum atomic E-state index is 11.4. The normalized spacial score (nSPS) is 12.0. The molecule has 1 unspecified atom stereocenters. The molecule has 6 heteroatoms. The van der Waals surface area contributed by atoms with Crippen molar-refractivity contribution in [1.29, 1.82) is 0 Å². The summed E-state index contributed by atoms with van der Waals surface area (Å²) < 4.78 is 4.62. The molecule has 0 saturated carbocycles. The highest BCUT2D eigenvalue weighted by Gasteiger charge is 2.14. The van der Waals surface area contributed by atoms with Crippen molar-refractivity contribution in [2.75, 3.05) is 31.3 Å². The molecule has 3 N–H and O–H groups in total. The molecule has 0 saturated heterocycles. The van der Waals surface area contributed by atoms with Crippen molar-refractivity contribution in [3.63, 3.8) is 0 Å². The Morgan fingerprint density at radius 3 is 2.88 bits per heavy atom. The molecule has 0 spiro atoms. The van der Waals surface area contributed by atoms with Crippen LogP contribution in [0.25, 0.3) is 0 Å². The first-order valence-corrected chi connectivity index (χ1v) is 5.18. The summed E-state index contributed by atoms with van der Waals surface area (Å²) in [6.45, 7) is 2.09. The van der Waals surface area contributed by atoms with Crippen LogP contribution >= 0.6 is 0 Å². The van der Waals surface area contributed by atoms with Gasteiger partial charge in [-0.05, 0) is 13.0 Å². The fourth-order valence-corrected chi connectivity index (χ4v) is 1.44. The first-order valence-electron chi connectivity index (χ1n) is 5.18. The number of methoxy groups -OCH3 is 1. The standard InChI is InChI=1S/C11H17N3O3/c1-7(15)6-14(2)10-4-8(11(16)17-3)9(12)5-13-10/h4-5,7,15H,6,12H2,1-3H3. The Balaban J connectivity index is 2.99. The highest BCUT2D eigenvalue weighted by Crippen LogP contribution is 2.18. The molecular formula is C11H17N3O3. The van der Waals surface area contributed by atoms with Gasteiger partial charge in [0.1, 0.15) is 5.82 Å². The van der Waals surface area contributed by atoms with E-state index in [1.807, 2.05) is 0 Å². The number of nitrogens with zero attached hydrogens (tertiary/aromatic N) is 2. The third-order valence-corrected chi connectivity index (χ3v) is 2.25. The number of likely N-dealkylation sites (N-methyl/N-ethyl adjacent to an activating group) is 1. The molecule has 0 bridgehead atoms. The molecule has 0 radical (unpaired) electrons. The molecule has 0 aliphatic carbocycles.